The van der Waals surface area contributed by atoms with Crippen molar-refractivity contribution in [2.24, 2.45) is 5.92 Å². The van der Waals surface area contributed by atoms with E-state index in [-0.39, 0.29) is 5.97 Å². The van der Waals surface area contributed by atoms with Crippen LogP contribution in [0.15, 0.2) is 18.2 Å². The van der Waals surface area contributed by atoms with Gasteiger partial charge in [-0.2, -0.15) is 0 Å². The van der Waals surface area contributed by atoms with E-state index >= 15 is 0 Å². The zero-order valence-electron chi connectivity index (χ0n) is 17.9. The highest BCUT2D eigenvalue weighted by molar-refractivity contribution is 5.72. The van der Waals surface area contributed by atoms with Crippen LogP contribution in [0.2, 0.25) is 0 Å². The zero-order chi connectivity index (χ0) is 20.6. The minimum atomic E-state index is -0.124. The molecular weight excluding hydrogens is 368 g/mol. The van der Waals surface area contributed by atoms with Gasteiger partial charge in [-0.15, -0.1) is 0 Å². The maximum absolute atomic E-state index is 11.6. The third kappa shape index (κ3) is 6.24. The van der Waals surface area contributed by atoms with Crippen LogP contribution in [0, 0.1) is 5.92 Å². The summed E-state index contributed by atoms with van der Waals surface area (Å²) in [5.74, 6) is 0.503. The van der Waals surface area contributed by atoms with E-state index in [2.05, 4.69) is 27.2 Å². The average Bonchev–Trinajstić information content (AvgIpc) is 2.74. The molecule has 2 saturated heterocycles. The van der Waals surface area contributed by atoms with Gasteiger partial charge in [-0.25, -0.2) is 0 Å². The number of nitrogens with two attached hydrogens (primary N) is 1. The number of carbonyl (C=O) groups excluding carboxylic acids is 1. The molecule has 0 radical (unpaired) electrons. The van der Waals surface area contributed by atoms with E-state index in [9.17, 15) is 4.79 Å². The molecular formula is C22H36N4O3. The van der Waals surface area contributed by atoms with Gasteiger partial charge in [0.05, 0.1) is 30.6 Å². The summed E-state index contributed by atoms with van der Waals surface area (Å²) in [6, 6.07) is 6.22. The molecule has 0 spiro atoms. The van der Waals surface area contributed by atoms with Crippen molar-refractivity contribution in [1.82, 2.24) is 4.90 Å². The molecule has 1 aromatic carbocycles. The summed E-state index contributed by atoms with van der Waals surface area (Å²) >= 11 is 0. The Labute approximate surface area is 174 Å². The normalized spacial score (nSPS) is 19.3. The first-order valence-electron chi connectivity index (χ1n) is 10.9. The molecule has 7 heteroatoms. The quantitative estimate of drug-likeness (QED) is 0.509. The average molecular weight is 405 g/mol. The first kappa shape index (κ1) is 21.7. The van der Waals surface area contributed by atoms with E-state index in [0.29, 0.717) is 25.2 Å². The molecule has 0 saturated carbocycles. The molecule has 2 aliphatic heterocycles. The third-order valence-electron chi connectivity index (χ3n) is 6.05. The number of ether oxygens (including phenoxy) is 2. The number of likely N-dealkylation sites (tertiary alicyclic amines) is 1. The number of nitrogens with one attached hydrogen (secondary N) is 1. The van der Waals surface area contributed by atoms with Gasteiger partial charge in [0, 0.05) is 45.5 Å². The summed E-state index contributed by atoms with van der Waals surface area (Å²) in [5.41, 5.74) is 8.99. The molecule has 2 aliphatic rings. The standard InChI is InChI=1S/C22H36N4O3/c1-3-28-22(27)15-25-10-8-19(9-11-25)29-16-17-6-12-26(13-7-17)18-4-5-20(23)21(14-18)24-2/h4-5,14,17,19,24H,3,6-13,15-16,23H2,1-2H3. The van der Waals surface area contributed by atoms with E-state index in [0.717, 1.165) is 69.8 Å². The molecule has 29 heavy (non-hydrogen) atoms. The predicted octanol–water partition coefficient (Wildman–Crippen LogP) is 2.57. The van der Waals surface area contributed by atoms with Crippen molar-refractivity contribution in [1.29, 1.82) is 0 Å². The number of nitrogen functional groups attached to an aromatic ring is 1. The lowest BCUT2D eigenvalue weighted by Crippen LogP contribution is -2.41. The van der Waals surface area contributed by atoms with E-state index < -0.39 is 0 Å². The van der Waals surface area contributed by atoms with Gasteiger partial charge in [-0.05, 0) is 56.7 Å². The molecule has 0 bridgehead atoms. The van der Waals surface area contributed by atoms with Crippen LogP contribution in [0.1, 0.15) is 32.6 Å². The fourth-order valence-corrected chi connectivity index (χ4v) is 4.21. The predicted molar refractivity (Wildman–Crippen MR) is 117 cm³/mol. The molecule has 3 rings (SSSR count). The molecule has 0 aromatic heterocycles. The van der Waals surface area contributed by atoms with Crippen LogP contribution in [0.5, 0.6) is 0 Å². The second-order valence-corrected chi connectivity index (χ2v) is 8.07. The van der Waals surface area contributed by atoms with Crippen molar-refractivity contribution in [3.8, 4) is 0 Å². The van der Waals surface area contributed by atoms with Crippen LogP contribution < -0.4 is 16.0 Å². The Morgan fingerprint density at radius 1 is 1.17 bits per heavy atom. The molecule has 1 aromatic rings. The Hall–Kier alpha value is -1.99. The fraction of sp³-hybridized carbons (Fsp3) is 0.682. The first-order valence-corrected chi connectivity index (χ1v) is 10.9. The number of benzene rings is 1. The molecule has 2 fully saturated rings. The lowest BCUT2D eigenvalue weighted by atomic mass is 9.97. The van der Waals surface area contributed by atoms with Gasteiger partial charge >= 0.3 is 5.97 Å². The molecule has 3 N–H and O–H groups in total. The molecule has 0 aliphatic carbocycles. The monoisotopic (exact) mass is 404 g/mol. The summed E-state index contributed by atoms with van der Waals surface area (Å²) < 4.78 is 11.3. The Morgan fingerprint density at radius 3 is 2.55 bits per heavy atom. The highest BCUT2D eigenvalue weighted by Crippen LogP contribution is 2.29. The molecule has 162 valence electrons. The molecule has 0 atom stereocenters. The highest BCUT2D eigenvalue weighted by Gasteiger charge is 2.24. The van der Waals surface area contributed by atoms with Gasteiger partial charge in [0.25, 0.3) is 0 Å². The SMILES string of the molecule is CCOC(=O)CN1CCC(OCC2CCN(c3ccc(N)c(NC)c3)CC2)CC1. The van der Waals surface area contributed by atoms with Gasteiger partial charge < -0.3 is 25.4 Å². The number of anilines is 3. The zero-order valence-corrected chi connectivity index (χ0v) is 17.9. The van der Waals surface area contributed by atoms with E-state index in [1.54, 1.807) is 0 Å². The molecule has 7 nitrogen and oxygen atoms in total. The second-order valence-electron chi connectivity index (χ2n) is 8.07. The van der Waals surface area contributed by atoms with Crippen molar-refractivity contribution in [3.05, 3.63) is 18.2 Å². The fourth-order valence-electron chi connectivity index (χ4n) is 4.21. The van der Waals surface area contributed by atoms with Crippen LogP contribution in [0.3, 0.4) is 0 Å². The topological polar surface area (TPSA) is 80.1 Å². The van der Waals surface area contributed by atoms with Gasteiger partial charge in [0.15, 0.2) is 0 Å². The molecule has 0 amide bonds. The summed E-state index contributed by atoms with van der Waals surface area (Å²) in [7, 11) is 1.90. The maximum atomic E-state index is 11.6. The van der Waals surface area contributed by atoms with E-state index in [1.165, 1.54) is 5.69 Å². The number of hydrogen-bond donors (Lipinski definition) is 2. The van der Waals surface area contributed by atoms with Gasteiger partial charge in [-0.3, -0.25) is 9.69 Å². The Kier molecular flexibility index (Phi) is 8.00. The number of piperidine rings is 2. The number of carbonyl (C=O) groups is 1. The van der Waals surface area contributed by atoms with E-state index in [4.69, 9.17) is 15.2 Å². The summed E-state index contributed by atoms with van der Waals surface area (Å²) in [6.07, 6.45) is 4.62. The van der Waals surface area contributed by atoms with Crippen molar-refractivity contribution in [2.45, 2.75) is 38.7 Å². The first-order chi connectivity index (χ1) is 14.1. The van der Waals surface area contributed by atoms with Crippen LogP contribution in [0.25, 0.3) is 0 Å². The van der Waals surface area contributed by atoms with Gasteiger partial charge in [0.2, 0.25) is 0 Å². The minimum absolute atomic E-state index is 0.124. The molecule has 2 heterocycles. The third-order valence-corrected chi connectivity index (χ3v) is 6.05. The Balaban J connectivity index is 1.35. The number of rotatable bonds is 8. The van der Waals surface area contributed by atoms with Crippen molar-refractivity contribution < 1.29 is 14.3 Å². The summed E-state index contributed by atoms with van der Waals surface area (Å²) in [5, 5.41) is 3.16. The lowest BCUT2D eigenvalue weighted by Gasteiger charge is -2.35. The maximum Gasteiger partial charge on any atom is 0.320 e. The summed E-state index contributed by atoms with van der Waals surface area (Å²) in [6.45, 7) is 7.47. The van der Waals surface area contributed by atoms with Crippen LogP contribution in [0.4, 0.5) is 17.1 Å². The van der Waals surface area contributed by atoms with Crippen molar-refractivity contribution in [2.75, 3.05) is 68.9 Å². The number of esters is 1. The van der Waals surface area contributed by atoms with E-state index in [1.807, 2.05) is 20.0 Å². The number of hydrogen-bond acceptors (Lipinski definition) is 7. The Morgan fingerprint density at radius 2 is 1.90 bits per heavy atom. The second kappa shape index (κ2) is 10.7. The Bertz CT molecular complexity index is 653. The number of nitrogens with zero attached hydrogens (tertiary/aromatic N) is 2. The van der Waals surface area contributed by atoms with Crippen LogP contribution >= 0.6 is 0 Å². The summed E-state index contributed by atoms with van der Waals surface area (Å²) in [4.78, 5) is 16.2. The highest BCUT2D eigenvalue weighted by atomic mass is 16.5. The molecule has 0 unspecified atom stereocenters. The smallest absolute Gasteiger partial charge is 0.320 e. The van der Waals surface area contributed by atoms with Crippen LogP contribution in [-0.4, -0.2) is 70.0 Å². The lowest BCUT2D eigenvalue weighted by molar-refractivity contribution is -0.145. The van der Waals surface area contributed by atoms with Crippen molar-refractivity contribution in [3.63, 3.8) is 0 Å². The van der Waals surface area contributed by atoms with Gasteiger partial charge in [-0.1, -0.05) is 0 Å². The van der Waals surface area contributed by atoms with Crippen molar-refractivity contribution >= 4 is 23.0 Å². The largest absolute Gasteiger partial charge is 0.465 e. The van der Waals surface area contributed by atoms with Crippen LogP contribution in [-0.2, 0) is 14.3 Å². The minimum Gasteiger partial charge on any atom is -0.465 e. The van der Waals surface area contributed by atoms with Gasteiger partial charge in [0.1, 0.15) is 0 Å².